The van der Waals surface area contributed by atoms with Gasteiger partial charge in [-0.25, -0.2) is 4.98 Å². The van der Waals surface area contributed by atoms with Crippen molar-refractivity contribution in [1.29, 1.82) is 0 Å². The SMILES string of the molecule is CCCC(C)Oc1cnc(CNCC)cn1. The van der Waals surface area contributed by atoms with Crippen LogP contribution in [-0.4, -0.2) is 22.6 Å². The largest absolute Gasteiger partial charge is 0.474 e. The molecule has 1 unspecified atom stereocenters. The average Bonchev–Trinajstić information content (AvgIpc) is 2.28. The smallest absolute Gasteiger partial charge is 0.232 e. The number of nitrogens with one attached hydrogen (secondary N) is 1. The second kappa shape index (κ2) is 7.17. The minimum absolute atomic E-state index is 0.207. The van der Waals surface area contributed by atoms with E-state index < -0.39 is 0 Å². The third-order valence-corrected chi connectivity index (χ3v) is 2.25. The highest BCUT2D eigenvalue weighted by Gasteiger charge is 2.04. The van der Waals surface area contributed by atoms with E-state index in [1.165, 1.54) is 0 Å². The van der Waals surface area contributed by atoms with Gasteiger partial charge in [-0.1, -0.05) is 20.3 Å². The highest BCUT2D eigenvalue weighted by atomic mass is 16.5. The molecule has 4 nitrogen and oxygen atoms in total. The minimum Gasteiger partial charge on any atom is -0.474 e. The molecule has 1 rings (SSSR count). The molecule has 0 fully saturated rings. The summed E-state index contributed by atoms with van der Waals surface area (Å²) in [5.41, 5.74) is 0.942. The van der Waals surface area contributed by atoms with Crippen LogP contribution in [-0.2, 0) is 6.54 Å². The van der Waals surface area contributed by atoms with Gasteiger partial charge >= 0.3 is 0 Å². The van der Waals surface area contributed by atoms with E-state index in [0.717, 1.165) is 31.6 Å². The molecule has 1 heterocycles. The first kappa shape index (κ1) is 12.9. The Morgan fingerprint density at radius 3 is 2.69 bits per heavy atom. The number of hydrogen-bond acceptors (Lipinski definition) is 4. The Labute approximate surface area is 97.5 Å². The lowest BCUT2D eigenvalue weighted by Crippen LogP contribution is -2.14. The second-order valence-corrected chi connectivity index (χ2v) is 3.84. The van der Waals surface area contributed by atoms with Crippen molar-refractivity contribution in [3.05, 3.63) is 18.1 Å². The summed E-state index contributed by atoms with van der Waals surface area (Å²) in [6.45, 7) is 7.96. The fourth-order valence-corrected chi connectivity index (χ4v) is 1.42. The molecule has 0 spiro atoms. The van der Waals surface area contributed by atoms with Crippen LogP contribution >= 0.6 is 0 Å². The van der Waals surface area contributed by atoms with Crippen LogP contribution < -0.4 is 10.1 Å². The van der Waals surface area contributed by atoms with Crippen molar-refractivity contribution < 1.29 is 4.74 Å². The Kier molecular flexibility index (Phi) is 5.78. The first-order chi connectivity index (χ1) is 7.76. The van der Waals surface area contributed by atoms with Crippen LogP contribution in [0, 0.1) is 0 Å². The predicted octanol–water partition coefficient (Wildman–Crippen LogP) is 2.15. The van der Waals surface area contributed by atoms with E-state index in [9.17, 15) is 0 Å². The van der Waals surface area contributed by atoms with Gasteiger partial charge in [-0.3, -0.25) is 4.98 Å². The molecule has 0 bridgehead atoms. The molecule has 0 aliphatic heterocycles. The van der Waals surface area contributed by atoms with Crippen LogP contribution in [0.2, 0.25) is 0 Å². The predicted molar refractivity (Wildman–Crippen MR) is 64.4 cm³/mol. The normalized spacial score (nSPS) is 12.4. The van der Waals surface area contributed by atoms with Crippen LogP contribution in [0.5, 0.6) is 5.88 Å². The third kappa shape index (κ3) is 4.57. The maximum Gasteiger partial charge on any atom is 0.232 e. The van der Waals surface area contributed by atoms with E-state index >= 15 is 0 Å². The van der Waals surface area contributed by atoms with Crippen molar-refractivity contribution in [2.24, 2.45) is 0 Å². The lowest BCUT2D eigenvalue weighted by Gasteiger charge is -2.12. The summed E-state index contributed by atoms with van der Waals surface area (Å²) in [6.07, 6.45) is 5.82. The second-order valence-electron chi connectivity index (χ2n) is 3.84. The van der Waals surface area contributed by atoms with E-state index in [1.807, 2.05) is 0 Å². The molecule has 0 aliphatic carbocycles. The Hall–Kier alpha value is -1.16. The molecule has 1 N–H and O–H groups in total. The highest BCUT2D eigenvalue weighted by Crippen LogP contribution is 2.09. The number of ether oxygens (including phenoxy) is 1. The minimum atomic E-state index is 0.207. The quantitative estimate of drug-likeness (QED) is 0.769. The van der Waals surface area contributed by atoms with Gasteiger partial charge in [0.25, 0.3) is 0 Å². The Bertz CT molecular complexity index is 287. The maximum atomic E-state index is 5.62. The van der Waals surface area contributed by atoms with E-state index in [4.69, 9.17) is 4.74 Å². The lowest BCUT2D eigenvalue weighted by molar-refractivity contribution is 0.200. The summed E-state index contributed by atoms with van der Waals surface area (Å²) in [4.78, 5) is 8.51. The van der Waals surface area contributed by atoms with Gasteiger partial charge in [-0.15, -0.1) is 0 Å². The molecular weight excluding hydrogens is 202 g/mol. The Morgan fingerprint density at radius 2 is 2.12 bits per heavy atom. The van der Waals surface area contributed by atoms with Gasteiger partial charge in [0.05, 0.1) is 24.2 Å². The molecule has 1 aromatic rings. The van der Waals surface area contributed by atoms with Gasteiger partial charge < -0.3 is 10.1 Å². The average molecular weight is 223 g/mol. The van der Waals surface area contributed by atoms with Gasteiger partial charge in [-0.05, 0) is 19.9 Å². The Morgan fingerprint density at radius 1 is 1.31 bits per heavy atom. The zero-order valence-corrected chi connectivity index (χ0v) is 10.4. The highest BCUT2D eigenvalue weighted by molar-refractivity contribution is 5.07. The summed E-state index contributed by atoms with van der Waals surface area (Å²) in [5.74, 6) is 0.612. The van der Waals surface area contributed by atoms with Crippen molar-refractivity contribution >= 4 is 0 Å². The van der Waals surface area contributed by atoms with E-state index in [2.05, 4.69) is 36.1 Å². The van der Waals surface area contributed by atoms with Gasteiger partial charge in [0, 0.05) is 6.54 Å². The van der Waals surface area contributed by atoms with Crippen molar-refractivity contribution in [2.45, 2.75) is 46.3 Å². The monoisotopic (exact) mass is 223 g/mol. The molecule has 1 atom stereocenters. The molecule has 0 saturated carbocycles. The van der Waals surface area contributed by atoms with Crippen LogP contribution in [0.15, 0.2) is 12.4 Å². The van der Waals surface area contributed by atoms with Gasteiger partial charge in [-0.2, -0.15) is 0 Å². The van der Waals surface area contributed by atoms with E-state index in [1.54, 1.807) is 12.4 Å². The number of nitrogens with zero attached hydrogens (tertiary/aromatic N) is 2. The molecule has 0 amide bonds. The first-order valence-corrected chi connectivity index (χ1v) is 5.94. The molecule has 4 heteroatoms. The lowest BCUT2D eigenvalue weighted by atomic mass is 10.2. The molecule has 0 aromatic carbocycles. The molecule has 0 aliphatic rings. The molecule has 90 valence electrons. The van der Waals surface area contributed by atoms with Gasteiger partial charge in [0.15, 0.2) is 0 Å². The first-order valence-electron chi connectivity index (χ1n) is 5.94. The van der Waals surface area contributed by atoms with Crippen LogP contribution in [0.1, 0.15) is 39.3 Å². The fraction of sp³-hybridized carbons (Fsp3) is 0.667. The summed E-state index contributed by atoms with van der Waals surface area (Å²) in [6, 6.07) is 0. The van der Waals surface area contributed by atoms with Crippen molar-refractivity contribution in [3.8, 4) is 5.88 Å². The molecule has 0 radical (unpaired) electrons. The van der Waals surface area contributed by atoms with Crippen molar-refractivity contribution in [3.63, 3.8) is 0 Å². The van der Waals surface area contributed by atoms with Crippen LogP contribution in [0.4, 0.5) is 0 Å². The zero-order chi connectivity index (χ0) is 11.8. The third-order valence-electron chi connectivity index (χ3n) is 2.25. The number of hydrogen-bond donors (Lipinski definition) is 1. The fourth-order valence-electron chi connectivity index (χ4n) is 1.42. The van der Waals surface area contributed by atoms with Crippen molar-refractivity contribution in [2.75, 3.05) is 6.54 Å². The molecule has 16 heavy (non-hydrogen) atoms. The maximum absolute atomic E-state index is 5.62. The van der Waals surface area contributed by atoms with E-state index in [0.29, 0.717) is 5.88 Å². The van der Waals surface area contributed by atoms with Gasteiger partial charge in [0.1, 0.15) is 0 Å². The number of aromatic nitrogens is 2. The standard InChI is InChI=1S/C12H21N3O/c1-4-6-10(3)16-12-9-14-11(8-15-12)7-13-5-2/h8-10,13H,4-7H2,1-3H3. The zero-order valence-electron chi connectivity index (χ0n) is 10.4. The Balaban J connectivity index is 2.44. The van der Waals surface area contributed by atoms with Gasteiger partial charge in [0.2, 0.25) is 5.88 Å². The molecule has 0 saturated heterocycles. The summed E-state index contributed by atoms with van der Waals surface area (Å²) < 4.78 is 5.62. The molecule has 1 aromatic heterocycles. The van der Waals surface area contributed by atoms with Crippen LogP contribution in [0.3, 0.4) is 0 Å². The summed E-state index contributed by atoms with van der Waals surface area (Å²) in [7, 11) is 0. The van der Waals surface area contributed by atoms with Crippen LogP contribution in [0.25, 0.3) is 0 Å². The summed E-state index contributed by atoms with van der Waals surface area (Å²) >= 11 is 0. The van der Waals surface area contributed by atoms with Crippen molar-refractivity contribution in [1.82, 2.24) is 15.3 Å². The summed E-state index contributed by atoms with van der Waals surface area (Å²) in [5, 5.41) is 3.20. The van der Waals surface area contributed by atoms with E-state index in [-0.39, 0.29) is 6.10 Å². The molecular formula is C12H21N3O. The topological polar surface area (TPSA) is 47.0 Å². The number of rotatable bonds is 7.